The van der Waals surface area contributed by atoms with Gasteiger partial charge in [-0.3, -0.25) is 4.79 Å². The van der Waals surface area contributed by atoms with E-state index in [1.807, 2.05) is 24.2 Å². The molecule has 2 aromatic rings. The van der Waals surface area contributed by atoms with Crippen LogP contribution in [0, 0.1) is 41.4 Å². The summed E-state index contributed by atoms with van der Waals surface area (Å²) in [5.74, 6) is 4.26. The van der Waals surface area contributed by atoms with Crippen molar-refractivity contribution in [1.82, 2.24) is 19.9 Å². The number of carbonyl (C=O) groups excluding carboxylic acids is 1. The van der Waals surface area contributed by atoms with E-state index in [2.05, 4.69) is 42.9 Å². The molecule has 1 N–H and O–H groups in total. The van der Waals surface area contributed by atoms with Gasteiger partial charge in [-0.1, -0.05) is 19.9 Å². The van der Waals surface area contributed by atoms with Gasteiger partial charge in [0.1, 0.15) is 5.82 Å². The largest absolute Gasteiger partial charge is 0.340 e. The van der Waals surface area contributed by atoms with Gasteiger partial charge in [0.25, 0.3) is 0 Å². The predicted octanol–water partition coefficient (Wildman–Crippen LogP) is 5.06. The molecule has 1 aliphatic heterocycles. The van der Waals surface area contributed by atoms with Crippen molar-refractivity contribution in [2.24, 2.45) is 34.5 Å². The lowest BCUT2D eigenvalue weighted by molar-refractivity contribution is -0.138. The van der Waals surface area contributed by atoms with E-state index in [0.29, 0.717) is 23.3 Å². The number of aromatic nitrogens is 3. The lowest BCUT2D eigenvalue weighted by Crippen LogP contribution is -2.59. The minimum atomic E-state index is 0.132. The van der Waals surface area contributed by atoms with Crippen molar-refractivity contribution in [1.29, 1.82) is 0 Å². The highest BCUT2D eigenvalue weighted by molar-refractivity contribution is 5.89. The Kier molecular flexibility index (Phi) is 4.42. The fourth-order valence-corrected chi connectivity index (χ4v) is 8.60. The van der Waals surface area contributed by atoms with Crippen LogP contribution in [0.15, 0.2) is 24.4 Å². The number of aromatic amines is 1. The monoisotopic (exact) mass is 432 g/mol. The van der Waals surface area contributed by atoms with Gasteiger partial charge in [-0.05, 0) is 92.2 Å². The van der Waals surface area contributed by atoms with Crippen molar-refractivity contribution in [3.05, 3.63) is 35.8 Å². The van der Waals surface area contributed by atoms with Crippen molar-refractivity contribution in [2.75, 3.05) is 7.05 Å². The molecule has 6 rings (SSSR count). The first kappa shape index (κ1) is 20.4. The maximum absolute atomic E-state index is 12.3. The number of aryl methyl sites for hydroxylation is 1. The second kappa shape index (κ2) is 6.91. The highest BCUT2D eigenvalue weighted by Crippen LogP contribution is 2.65. The Labute approximate surface area is 191 Å². The Morgan fingerprint density at radius 3 is 2.81 bits per heavy atom. The first-order valence-corrected chi connectivity index (χ1v) is 12.6. The number of pyridine rings is 1. The van der Waals surface area contributed by atoms with Crippen LogP contribution in [-0.4, -0.2) is 38.8 Å². The average molecular weight is 433 g/mol. The molecule has 0 bridgehead atoms. The zero-order valence-corrected chi connectivity index (χ0v) is 19.9. The van der Waals surface area contributed by atoms with Crippen molar-refractivity contribution >= 4 is 17.1 Å². The van der Waals surface area contributed by atoms with E-state index in [1.54, 1.807) is 0 Å². The zero-order chi connectivity index (χ0) is 22.3. The normalized spacial score (nSPS) is 40.9. The maximum Gasteiger partial charge on any atom is 0.246 e. The standard InChI is InChI=1S/C27H36N4O/c1-16-11-14-28-25-24(16)29-22(30-25)15-17-5-7-19-18-6-8-21-27(3,13-10-23(32)31(21)4)20(18)9-12-26(17,19)2/h10-11,13-14,17-21H,5-9,12,15H2,1-4H3,(H,28,29,30)/t17?,18-,19-,20+,21?,26+,27+/m0/s1. The number of rotatable bonds is 2. The molecule has 2 aromatic heterocycles. The summed E-state index contributed by atoms with van der Waals surface area (Å²) in [4.78, 5) is 27.3. The number of hydrogen-bond acceptors (Lipinski definition) is 3. The highest BCUT2D eigenvalue weighted by atomic mass is 16.2. The molecule has 3 saturated carbocycles. The van der Waals surface area contributed by atoms with Crippen LogP contribution < -0.4 is 0 Å². The van der Waals surface area contributed by atoms with Crippen LogP contribution in [-0.2, 0) is 11.2 Å². The zero-order valence-electron chi connectivity index (χ0n) is 19.9. The Hall–Kier alpha value is -2.17. The molecule has 0 aromatic carbocycles. The van der Waals surface area contributed by atoms with E-state index in [-0.39, 0.29) is 11.3 Å². The number of fused-ring (bicyclic) bond motifs is 6. The third kappa shape index (κ3) is 2.72. The Balaban J connectivity index is 1.26. The fraction of sp³-hybridized carbons (Fsp3) is 0.667. The van der Waals surface area contributed by atoms with Crippen LogP contribution in [0.5, 0.6) is 0 Å². The Bertz CT molecular complexity index is 1100. The maximum atomic E-state index is 12.3. The Morgan fingerprint density at radius 2 is 2.00 bits per heavy atom. The molecule has 0 saturated heterocycles. The number of carbonyl (C=O) groups is 1. The van der Waals surface area contributed by atoms with Gasteiger partial charge in [0.05, 0.1) is 5.52 Å². The Morgan fingerprint density at radius 1 is 1.16 bits per heavy atom. The molecule has 0 radical (unpaired) electrons. The second-order valence-electron chi connectivity index (χ2n) is 11.7. The first-order valence-electron chi connectivity index (χ1n) is 12.6. The smallest absolute Gasteiger partial charge is 0.246 e. The number of likely N-dealkylation sites (N-methyl/N-ethyl adjacent to an activating group) is 1. The van der Waals surface area contributed by atoms with Gasteiger partial charge in [-0.15, -0.1) is 0 Å². The first-order chi connectivity index (χ1) is 15.3. The van der Waals surface area contributed by atoms with Crippen molar-refractivity contribution in [3.63, 3.8) is 0 Å². The van der Waals surface area contributed by atoms with Crippen LogP contribution in [0.2, 0.25) is 0 Å². The summed E-state index contributed by atoms with van der Waals surface area (Å²) in [5, 5.41) is 0. The molecule has 3 heterocycles. The van der Waals surface area contributed by atoms with Gasteiger partial charge in [-0.25, -0.2) is 9.97 Å². The van der Waals surface area contributed by atoms with Crippen molar-refractivity contribution < 1.29 is 4.79 Å². The number of H-pyrrole nitrogens is 1. The molecule has 2 unspecified atom stereocenters. The third-order valence-corrected chi connectivity index (χ3v) is 10.4. The quantitative estimate of drug-likeness (QED) is 0.721. The molecule has 170 valence electrons. The van der Waals surface area contributed by atoms with E-state index >= 15 is 0 Å². The molecular weight excluding hydrogens is 396 g/mol. The average Bonchev–Trinajstić information content (AvgIpc) is 3.33. The van der Waals surface area contributed by atoms with Gasteiger partial charge in [0.2, 0.25) is 5.91 Å². The molecule has 3 aliphatic carbocycles. The summed E-state index contributed by atoms with van der Waals surface area (Å²) in [5.41, 5.74) is 3.70. The molecule has 5 nitrogen and oxygen atoms in total. The summed E-state index contributed by atoms with van der Waals surface area (Å²) in [6, 6.07) is 2.43. The molecule has 3 fully saturated rings. The summed E-state index contributed by atoms with van der Waals surface area (Å²) >= 11 is 0. The number of nitrogens with one attached hydrogen (secondary N) is 1. The van der Waals surface area contributed by atoms with Crippen LogP contribution in [0.1, 0.15) is 63.8 Å². The molecule has 7 atom stereocenters. The number of imidazole rings is 1. The van der Waals surface area contributed by atoms with Gasteiger partial charge in [-0.2, -0.15) is 0 Å². The van der Waals surface area contributed by atoms with E-state index in [9.17, 15) is 4.79 Å². The fourth-order valence-electron chi connectivity index (χ4n) is 8.60. The van der Waals surface area contributed by atoms with Crippen molar-refractivity contribution in [3.8, 4) is 0 Å². The van der Waals surface area contributed by atoms with Gasteiger partial charge < -0.3 is 9.88 Å². The highest BCUT2D eigenvalue weighted by Gasteiger charge is 2.60. The van der Waals surface area contributed by atoms with E-state index < -0.39 is 0 Å². The molecule has 5 heteroatoms. The molecule has 1 amide bonds. The topological polar surface area (TPSA) is 61.9 Å². The van der Waals surface area contributed by atoms with E-state index in [4.69, 9.17) is 4.98 Å². The predicted molar refractivity (Wildman–Crippen MR) is 126 cm³/mol. The minimum absolute atomic E-state index is 0.132. The number of nitrogens with zero attached hydrogens (tertiary/aromatic N) is 3. The molecule has 0 spiro atoms. The van der Waals surface area contributed by atoms with Crippen molar-refractivity contribution in [2.45, 2.75) is 71.8 Å². The molecule has 32 heavy (non-hydrogen) atoms. The number of amides is 1. The van der Waals surface area contributed by atoms with Gasteiger partial charge >= 0.3 is 0 Å². The lowest BCUT2D eigenvalue weighted by atomic mass is 9.47. The van der Waals surface area contributed by atoms with E-state index in [1.165, 1.54) is 37.7 Å². The minimum Gasteiger partial charge on any atom is -0.340 e. The van der Waals surface area contributed by atoms with Crippen LogP contribution in [0.25, 0.3) is 11.2 Å². The summed E-state index contributed by atoms with van der Waals surface area (Å²) < 4.78 is 0. The van der Waals surface area contributed by atoms with E-state index in [0.717, 1.165) is 41.7 Å². The lowest BCUT2D eigenvalue weighted by Gasteiger charge is -2.60. The van der Waals surface area contributed by atoms with Gasteiger partial charge in [0.15, 0.2) is 5.65 Å². The molecular formula is C27H36N4O. The summed E-state index contributed by atoms with van der Waals surface area (Å²) in [6.45, 7) is 7.15. The third-order valence-electron chi connectivity index (χ3n) is 10.4. The number of hydrogen-bond donors (Lipinski definition) is 1. The van der Waals surface area contributed by atoms with Crippen LogP contribution >= 0.6 is 0 Å². The summed E-state index contributed by atoms with van der Waals surface area (Å²) in [6.07, 6.45) is 14.7. The second-order valence-corrected chi connectivity index (χ2v) is 11.7. The van der Waals surface area contributed by atoms with Crippen LogP contribution in [0.4, 0.5) is 0 Å². The van der Waals surface area contributed by atoms with Crippen LogP contribution in [0.3, 0.4) is 0 Å². The summed E-state index contributed by atoms with van der Waals surface area (Å²) in [7, 11) is 2.01. The SMILES string of the molecule is Cc1ccnc2nc(CC3CC[C@H]4[C@@H]5CCC6N(C)C(=O)C=C[C@]6(C)[C@@H]5CC[C@]34C)[nH]c12. The molecule has 4 aliphatic rings. The van der Waals surface area contributed by atoms with Gasteiger partial charge in [0, 0.05) is 31.1 Å².